The Hall–Kier alpha value is -2.57. The van der Waals surface area contributed by atoms with Crippen LogP contribution in [0.25, 0.3) is 0 Å². The van der Waals surface area contributed by atoms with Crippen LogP contribution in [0.5, 0.6) is 0 Å². The van der Waals surface area contributed by atoms with Crippen LogP contribution in [0, 0.1) is 0 Å². The third-order valence-electron chi connectivity index (χ3n) is 5.28. The lowest BCUT2D eigenvalue weighted by Gasteiger charge is -2.27. The number of methoxy groups -OCH3 is 1. The second-order valence-corrected chi connectivity index (χ2v) is 7.10. The summed E-state index contributed by atoms with van der Waals surface area (Å²) in [5.41, 5.74) is 0.992. The Labute approximate surface area is 159 Å². The predicted octanol–water partition coefficient (Wildman–Crippen LogP) is 1.57. The van der Waals surface area contributed by atoms with Gasteiger partial charge >= 0.3 is 6.09 Å². The Morgan fingerprint density at radius 1 is 1.11 bits per heavy atom. The first-order valence-electron chi connectivity index (χ1n) is 9.58. The Morgan fingerprint density at radius 2 is 1.81 bits per heavy atom. The summed E-state index contributed by atoms with van der Waals surface area (Å²) in [6, 6.07) is 8.46. The Kier molecular flexibility index (Phi) is 6.32. The Bertz CT molecular complexity index is 673. The lowest BCUT2D eigenvalue weighted by atomic mass is 10.0. The van der Waals surface area contributed by atoms with Gasteiger partial charge in [0.1, 0.15) is 12.1 Å². The molecule has 7 heteroatoms. The maximum Gasteiger partial charge on any atom is 0.410 e. The highest BCUT2D eigenvalue weighted by molar-refractivity contribution is 5.91. The number of carbonyl (C=O) groups excluding carboxylic acids is 3. The van der Waals surface area contributed by atoms with Gasteiger partial charge in [-0.15, -0.1) is 0 Å². The number of amides is 3. The van der Waals surface area contributed by atoms with Gasteiger partial charge in [0.15, 0.2) is 0 Å². The molecule has 0 spiro atoms. The van der Waals surface area contributed by atoms with E-state index in [1.54, 1.807) is 0 Å². The Balaban J connectivity index is 1.72. The molecule has 2 aliphatic heterocycles. The van der Waals surface area contributed by atoms with E-state index >= 15 is 0 Å². The average molecular weight is 373 g/mol. The molecular weight excluding hydrogens is 346 g/mol. The molecule has 1 aromatic rings. The smallest absolute Gasteiger partial charge is 0.410 e. The first-order valence-corrected chi connectivity index (χ1v) is 9.58. The van der Waals surface area contributed by atoms with Crippen LogP contribution in [0.2, 0.25) is 0 Å². The van der Waals surface area contributed by atoms with Crippen molar-refractivity contribution in [3.05, 3.63) is 35.9 Å². The number of carbonyl (C=O) groups is 3. The van der Waals surface area contributed by atoms with Crippen molar-refractivity contribution >= 4 is 17.9 Å². The molecule has 3 amide bonds. The lowest BCUT2D eigenvalue weighted by Crippen LogP contribution is -2.54. The Morgan fingerprint density at radius 3 is 2.48 bits per heavy atom. The highest BCUT2D eigenvalue weighted by atomic mass is 16.5. The van der Waals surface area contributed by atoms with Gasteiger partial charge in [0, 0.05) is 26.1 Å². The van der Waals surface area contributed by atoms with Crippen molar-refractivity contribution in [3.8, 4) is 0 Å². The second-order valence-electron chi connectivity index (χ2n) is 7.10. The maximum absolute atomic E-state index is 13.0. The van der Waals surface area contributed by atoms with Crippen molar-refractivity contribution in [3.63, 3.8) is 0 Å². The van der Waals surface area contributed by atoms with Crippen LogP contribution in [0.15, 0.2) is 30.3 Å². The van der Waals surface area contributed by atoms with Crippen molar-refractivity contribution in [1.82, 2.24) is 15.1 Å². The first-order chi connectivity index (χ1) is 13.1. The van der Waals surface area contributed by atoms with E-state index in [1.165, 1.54) is 12.0 Å². The number of nitrogens with zero attached hydrogens (tertiary/aromatic N) is 2. The van der Waals surface area contributed by atoms with E-state index in [1.807, 2.05) is 35.2 Å². The van der Waals surface area contributed by atoms with Crippen LogP contribution in [-0.4, -0.2) is 66.5 Å². The van der Waals surface area contributed by atoms with Gasteiger partial charge in [-0.25, -0.2) is 4.79 Å². The number of nitrogens with one attached hydrogen (secondary N) is 1. The first kappa shape index (κ1) is 19.2. The fourth-order valence-corrected chi connectivity index (χ4v) is 3.85. The van der Waals surface area contributed by atoms with Gasteiger partial charge in [0.2, 0.25) is 11.8 Å². The van der Waals surface area contributed by atoms with E-state index in [-0.39, 0.29) is 11.8 Å². The summed E-state index contributed by atoms with van der Waals surface area (Å²) >= 11 is 0. The molecule has 7 nitrogen and oxygen atoms in total. The molecule has 2 unspecified atom stereocenters. The molecule has 2 aliphatic rings. The number of hydrogen-bond donors (Lipinski definition) is 1. The molecule has 0 saturated carbocycles. The van der Waals surface area contributed by atoms with Gasteiger partial charge in [-0.2, -0.15) is 0 Å². The summed E-state index contributed by atoms with van der Waals surface area (Å²) < 4.78 is 4.78. The molecule has 27 heavy (non-hydrogen) atoms. The SMILES string of the molecule is COC(=O)N1CCCC1C(=O)NC(Cc1ccccc1)C(=O)N1CCCC1. The van der Waals surface area contributed by atoms with Crippen LogP contribution in [0.1, 0.15) is 31.2 Å². The fraction of sp³-hybridized carbons (Fsp3) is 0.550. The summed E-state index contributed by atoms with van der Waals surface area (Å²) in [5, 5.41) is 2.91. The molecule has 0 aromatic heterocycles. The van der Waals surface area contributed by atoms with E-state index in [0.29, 0.717) is 19.4 Å². The topological polar surface area (TPSA) is 79.0 Å². The maximum atomic E-state index is 13.0. The predicted molar refractivity (Wildman–Crippen MR) is 100 cm³/mol. The zero-order chi connectivity index (χ0) is 19.2. The third kappa shape index (κ3) is 4.59. The van der Waals surface area contributed by atoms with Crippen molar-refractivity contribution in [2.75, 3.05) is 26.7 Å². The molecule has 2 heterocycles. The van der Waals surface area contributed by atoms with Gasteiger partial charge < -0.3 is 15.0 Å². The summed E-state index contributed by atoms with van der Waals surface area (Å²) in [4.78, 5) is 41.0. The molecule has 2 atom stereocenters. The molecule has 3 rings (SSSR count). The molecule has 1 N–H and O–H groups in total. The summed E-state index contributed by atoms with van der Waals surface area (Å²) in [5.74, 6) is -0.335. The number of benzene rings is 1. The van der Waals surface area contributed by atoms with Crippen LogP contribution < -0.4 is 5.32 Å². The zero-order valence-corrected chi connectivity index (χ0v) is 15.7. The normalized spacial score (nSPS) is 20.4. The number of likely N-dealkylation sites (tertiary alicyclic amines) is 2. The number of hydrogen-bond acceptors (Lipinski definition) is 4. The minimum absolute atomic E-state index is 0.0488. The van der Waals surface area contributed by atoms with E-state index in [0.717, 1.165) is 37.9 Å². The largest absolute Gasteiger partial charge is 0.453 e. The van der Waals surface area contributed by atoms with Crippen LogP contribution in [-0.2, 0) is 20.7 Å². The van der Waals surface area contributed by atoms with Crippen molar-refractivity contribution < 1.29 is 19.1 Å². The second kappa shape index (κ2) is 8.88. The molecule has 146 valence electrons. The molecule has 2 fully saturated rings. The van der Waals surface area contributed by atoms with Gasteiger partial charge in [0.25, 0.3) is 0 Å². The minimum Gasteiger partial charge on any atom is -0.453 e. The zero-order valence-electron chi connectivity index (χ0n) is 15.7. The quantitative estimate of drug-likeness (QED) is 0.850. The monoisotopic (exact) mass is 373 g/mol. The molecule has 1 aromatic carbocycles. The lowest BCUT2D eigenvalue weighted by molar-refractivity contribution is -0.136. The highest BCUT2D eigenvalue weighted by Gasteiger charge is 2.37. The van der Waals surface area contributed by atoms with Gasteiger partial charge in [-0.3, -0.25) is 14.5 Å². The van der Waals surface area contributed by atoms with E-state index in [2.05, 4.69) is 5.32 Å². The average Bonchev–Trinajstić information content (AvgIpc) is 3.39. The van der Waals surface area contributed by atoms with Gasteiger partial charge in [-0.05, 0) is 31.2 Å². The van der Waals surface area contributed by atoms with Gasteiger partial charge in [-0.1, -0.05) is 30.3 Å². The fourth-order valence-electron chi connectivity index (χ4n) is 3.85. The highest BCUT2D eigenvalue weighted by Crippen LogP contribution is 2.19. The molecule has 0 aliphatic carbocycles. The molecule has 2 saturated heterocycles. The summed E-state index contributed by atoms with van der Waals surface area (Å²) in [6.07, 6.45) is 3.26. The minimum atomic E-state index is -0.627. The van der Waals surface area contributed by atoms with Crippen LogP contribution in [0.3, 0.4) is 0 Å². The third-order valence-corrected chi connectivity index (χ3v) is 5.28. The van der Waals surface area contributed by atoms with Crippen molar-refractivity contribution in [1.29, 1.82) is 0 Å². The van der Waals surface area contributed by atoms with E-state index in [4.69, 9.17) is 4.74 Å². The number of rotatable bonds is 5. The molecular formula is C20H27N3O4. The van der Waals surface area contributed by atoms with E-state index in [9.17, 15) is 14.4 Å². The van der Waals surface area contributed by atoms with Crippen LogP contribution in [0.4, 0.5) is 4.79 Å². The van der Waals surface area contributed by atoms with Crippen molar-refractivity contribution in [2.45, 2.75) is 44.2 Å². The van der Waals surface area contributed by atoms with Gasteiger partial charge in [0.05, 0.1) is 7.11 Å². The standard InChI is InChI=1S/C20H27N3O4/c1-27-20(26)23-13-7-10-17(23)18(24)21-16(14-15-8-3-2-4-9-15)19(25)22-11-5-6-12-22/h2-4,8-9,16-17H,5-7,10-14H2,1H3,(H,21,24). The summed E-state index contributed by atoms with van der Waals surface area (Å²) in [6.45, 7) is 1.96. The number of ether oxygens (including phenoxy) is 1. The summed E-state index contributed by atoms with van der Waals surface area (Å²) in [7, 11) is 1.31. The van der Waals surface area contributed by atoms with E-state index < -0.39 is 18.2 Å². The molecule has 0 radical (unpaired) electrons. The van der Waals surface area contributed by atoms with Crippen LogP contribution >= 0.6 is 0 Å². The van der Waals surface area contributed by atoms with Crippen molar-refractivity contribution in [2.24, 2.45) is 0 Å². The molecule has 0 bridgehead atoms.